The van der Waals surface area contributed by atoms with Crippen molar-refractivity contribution in [3.05, 3.63) is 35.9 Å². The molecule has 118 valence electrons. The van der Waals surface area contributed by atoms with Gasteiger partial charge in [0.25, 0.3) is 0 Å². The Balaban J connectivity index is 2.20. The van der Waals surface area contributed by atoms with Crippen LogP contribution in [0.2, 0.25) is 0 Å². The molecule has 1 saturated carbocycles. The van der Waals surface area contributed by atoms with Crippen LogP contribution in [0.1, 0.15) is 32.3 Å². The highest BCUT2D eigenvalue weighted by Gasteiger charge is 2.55. The summed E-state index contributed by atoms with van der Waals surface area (Å²) in [5.41, 5.74) is 0.106. The third kappa shape index (κ3) is 3.09. The number of esters is 1. The predicted octanol–water partition coefficient (Wildman–Crippen LogP) is 2.03. The molecule has 5 heteroatoms. The van der Waals surface area contributed by atoms with Crippen LogP contribution < -0.4 is 0 Å². The van der Waals surface area contributed by atoms with Gasteiger partial charge in [0, 0.05) is 21.0 Å². The van der Waals surface area contributed by atoms with Crippen molar-refractivity contribution in [2.45, 2.75) is 37.9 Å². The molecule has 0 heterocycles. The fourth-order valence-electron chi connectivity index (χ4n) is 2.43. The Morgan fingerprint density at radius 2 is 1.82 bits per heavy atom. The van der Waals surface area contributed by atoms with E-state index in [-0.39, 0.29) is 0 Å². The van der Waals surface area contributed by atoms with E-state index in [9.17, 15) is 14.4 Å². The molecule has 1 aliphatic carbocycles. The SMILES string of the molecule is COC(C)(C)OC(=O)C(C=O)C(=O)C1(c2ccccc2)CC1. The van der Waals surface area contributed by atoms with E-state index in [1.54, 1.807) is 13.8 Å². The molecule has 0 N–H and O–H groups in total. The van der Waals surface area contributed by atoms with E-state index in [0.29, 0.717) is 19.1 Å². The van der Waals surface area contributed by atoms with Crippen molar-refractivity contribution < 1.29 is 23.9 Å². The highest BCUT2D eigenvalue weighted by Crippen LogP contribution is 2.50. The number of hydrogen-bond acceptors (Lipinski definition) is 5. The van der Waals surface area contributed by atoms with E-state index >= 15 is 0 Å². The first-order valence-electron chi connectivity index (χ1n) is 7.19. The second-order valence-corrected chi connectivity index (χ2v) is 5.95. The molecule has 0 spiro atoms. The van der Waals surface area contributed by atoms with E-state index in [2.05, 4.69) is 0 Å². The third-order valence-corrected chi connectivity index (χ3v) is 4.06. The Labute approximate surface area is 129 Å². The molecular formula is C17H20O5. The first kappa shape index (κ1) is 16.4. The van der Waals surface area contributed by atoms with Gasteiger partial charge >= 0.3 is 5.97 Å². The number of aldehydes is 1. The normalized spacial score (nSPS) is 17.4. The van der Waals surface area contributed by atoms with Crippen LogP contribution in [0, 0.1) is 5.92 Å². The highest BCUT2D eigenvalue weighted by atomic mass is 16.7. The Bertz CT molecular complexity index is 572. The summed E-state index contributed by atoms with van der Waals surface area (Å²) in [7, 11) is 1.39. The summed E-state index contributed by atoms with van der Waals surface area (Å²) in [6.07, 6.45) is 1.64. The minimum atomic E-state index is -1.42. The number of benzene rings is 1. The van der Waals surface area contributed by atoms with Gasteiger partial charge in [-0.15, -0.1) is 0 Å². The molecule has 1 aromatic carbocycles. The number of ketones is 1. The maximum absolute atomic E-state index is 12.7. The van der Waals surface area contributed by atoms with Crippen LogP contribution in [0.4, 0.5) is 0 Å². The zero-order valence-electron chi connectivity index (χ0n) is 13.0. The summed E-state index contributed by atoms with van der Waals surface area (Å²) < 4.78 is 10.1. The summed E-state index contributed by atoms with van der Waals surface area (Å²) in [5.74, 6) is -3.86. The quantitative estimate of drug-likeness (QED) is 0.334. The topological polar surface area (TPSA) is 69.7 Å². The molecule has 1 aromatic rings. The molecule has 22 heavy (non-hydrogen) atoms. The molecule has 0 saturated heterocycles. The zero-order chi connectivity index (χ0) is 16.4. The Morgan fingerprint density at radius 3 is 2.27 bits per heavy atom. The molecule has 5 nitrogen and oxygen atoms in total. The average Bonchev–Trinajstić information content (AvgIpc) is 3.30. The smallest absolute Gasteiger partial charge is 0.326 e. The Hall–Kier alpha value is -2.01. The minimum absolute atomic E-state index is 0.361. The molecular weight excluding hydrogens is 284 g/mol. The van der Waals surface area contributed by atoms with Crippen molar-refractivity contribution in [1.82, 2.24) is 0 Å². The van der Waals surface area contributed by atoms with E-state index in [0.717, 1.165) is 5.56 Å². The van der Waals surface area contributed by atoms with Crippen molar-refractivity contribution in [3.8, 4) is 0 Å². The lowest BCUT2D eigenvalue weighted by Crippen LogP contribution is -2.40. The van der Waals surface area contributed by atoms with Crippen LogP contribution >= 0.6 is 0 Å². The molecule has 2 rings (SSSR count). The maximum atomic E-state index is 12.7. The van der Waals surface area contributed by atoms with Gasteiger partial charge in [-0.1, -0.05) is 30.3 Å². The fraction of sp³-hybridized carbons (Fsp3) is 0.471. The number of hydrogen-bond donors (Lipinski definition) is 0. The van der Waals surface area contributed by atoms with Gasteiger partial charge < -0.3 is 14.3 Å². The van der Waals surface area contributed by atoms with Gasteiger partial charge in [-0.3, -0.25) is 9.59 Å². The van der Waals surface area contributed by atoms with Gasteiger partial charge in [0.1, 0.15) is 6.29 Å². The summed E-state index contributed by atoms with van der Waals surface area (Å²) >= 11 is 0. The molecule has 0 aliphatic heterocycles. The van der Waals surface area contributed by atoms with Crippen LogP contribution in [0.3, 0.4) is 0 Å². The zero-order valence-corrected chi connectivity index (χ0v) is 13.0. The molecule has 1 unspecified atom stereocenters. The second kappa shape index (κ2) is 6.01. The Kier molecular flexibility index (Phi) is 4.47. The molecule has 0 aromatic heterocycles. The number of ether oxygens (including phenoxy) is 2. The lowest BCUT2D eigenvalue weighted by molar-refractivity contribution is -0.208. The van der Waals surface area contributed by atoms with Crippen molar-refractivity contribution in [3.63, 3.8) is 0 Å². The van der Waals surface area contributed by atoms with Gasteiger partial charge in [0.05, 0.1) is 5.41 Å². The lowest BCUT2D eigenvalue weighted by Gasteiger charge is -2.25. The van der Waals surface area contributed by atoms with Gasteiger partial charge in [-0.25, -0.2) is 0 Å². The number of methoxy groups -OCH3 is 1. The lowest BCUT2D eigenvalue weighted by atomic mass is 9.85. The van der Waals surface area contributed by atoms with Crippen LogP contribution in [0.25, 0.3) is 0 Å². The maximum Gasteiger partial charge on any atom is 0.326 e. The first-order chi connectivity index (χ1) is 10.4. The standard InChI is InChI=1S/C17H20O5/c1-16(2,21-3)22-15(20)13(11-18)14(19)17(9-10-17)12-7-5-4-6-8-12/h4-8,11,13H,9-10H2,1-3H3. The third-order valence-electron chi connectivity index (χ3n) is 4.06. The van der Waals surface area contributed by atoms with E-state index in [1.807, 2.05) is 30.3 Å². The van der Waals surface area contributed by atoms with E-state index in [1.165, 1.54) is 7.11 Å². The minimum Gasteiger partial charge on any atom is -0.433 e. The molecule has 0 bridgehead atoms. The van der Waals surface area contributed by atoms with Crippen molar-refractivity contribution in [2.75, 3.05) is 7.11 Å². The fourth-order valence-corrected chi connectivity index (χ4v) is 2.43. The van der Waals surface area contributed by atoms with Gasteiger partial charge in [0.2, 0.25) is 5.79 Å². The number of carbonyl (C=O) groups is 3. The van der Waals surface area contributed by atoms with Crippen LogP contribution in [0.5, 0.6) is 0 Å². The van der Waals surface area contributed by atoms with Gasteiger partial charge in [-0.2, -0.15) is 0 Å². The monoisotopic (exact) mass is 304 g/mol. The highest BCUT2D eigenvalue weighted by molar-refractivity contribution is 6.15. The summed E-state index contributed by atoms with van der Waals surface area (Å²) in [6.45, 7) is 3.09. The summed E-state index contributed by atoms with van der Waals surface area (Å²) in [4.78, 5) is 36.1. The van der Waals surface area contributed by atoms with Crippen molar-refractivity contribution in [2.24, 2.45) is 5.92 Å². The summed E-state index contributed by atoms with van der Waals surface area (Å²) in [6, 6.07) is 9.22. The number of carbonyl (C=O) groups excluding carboxylic acids is 3. The van der Waals surface area contributed by atoms with E-state index < -0.39 is 28.9 Å². The number of Topliss-reactive ketones (excluding diaryl/α,β-unsaturated/α-hetero) is 1. The van der Waals surface area contributed by atoms with Crippen LogP contribution in [-0.4, -0.2) is 30.9 Å². The summed E-state index contributed by atoms with van der Waals surface area (Å²) in [5, 5.41) is 0. The van der Waals surface area contributed by atoms with E-state index in [4.69, 9.17) is 9.47 Å². The number of rotatable bonds is 7. The van der Waals surface area contributed by atoms with Crippen molar-refractivity contribution in [1.29, 1.82) is 0 Å². The first-order valence-corrected chi connectivity index (χ1v) is 7.19. The molecule has 0 radical (unpaired) electrons. The van der Waals surface area contributed by atoms with Crippen molar-refractivity contribution >= 4 is 18.0 Å². The second-order valence-electron chi connectivity index (χ2n) is 5.95. The van der Waals surface area contributed by atoms with Crippen LogP contribution in [-0.2, 0) is 29.3 Å². The molecule has 1 fully saturated rings. The van der Waals surface area contributed by atoms with Gasteiger partial charge in [-0.05, 0) is 18.4 Å². The predicted molar refractivity (Wildman–Crippen MR) is 79.1 cm³/mol. The molecule has 0 amide bonds. The Morgan fingerprint density at radius 1 is 1.23 bits per heavy atom. The van der Waals surface area contributed by atoms with Gasteiger partial charge in [0.15, 0.2) is 11.7 Å². The average molecular weight is 304 g/mol. The van der Waals surface area contributed by atoms with Crippen LogP contribution in [0.15, 0.2) is 30.3 Å². The largest absolute Gasteiger partial charge is 0.433 e. The molecule has 1 aliphatic rings. The molecule has 1 atom stereocenters.